The molecular formula is C22H19N3O3S. The van der Waals surface area contributed by atoms with Gasteiger partial charge in [0.25, 0.3) is 0 Å². The SMILES string of the molecule is CC(=O)c1ccc(NCc2sc3nc4cc5c(cc4cc3c2N)OCCO5)cc1. The van der Waals surface area contributed by atoms with E-state index in [0.29, 0.717) is 25.3 Å². The minimum Gasteiger partial charge on any atom is -0.486 e. The third kappa shape index (κ3) is 3.23. The van der Waals surface area contributed by atoms with E-state index in [1.165, 1.54) is 0 Å². The number of carbonyl (C=O) groups excluding carboxylic acids is 1. The third-order valence-corrected chi connectivity index (χ3v) is 6.11. The molecule has 29 heavy (non-hydrogen) atoms. The van der Waals surface area contributed by atoms with Crippen LogP contribution >= 0.6 is 11.3 Å². The number of nitrogen functional groups attached to an aromatic ring is 1. The molecule has 0 saturated carbocycles. The van der Waals surface area contributed by atoms with Gasteiger partial charge in [-0.3, -0.25) is 4.79 Å². The number of anilines is 2. The second kappa shape index (κ2) is 6.93. The van der Waals surface area contributed by atoms with Gasteiger partial charge in [0.05, 0.1) is 17.7 Å². The molecule has 3 heterocycles. The maximum Gasteiger partial charge on any atom is 0.163 e. The zero-order valence-corrected chi connectivity index (χ0v) is 16.6. The summed E-state index contributed by atoms with van der Waals surface area (Å²) in [6.45, 7) is 3.26. The molecule has 146 valence electrons. The van der Waals surface area contributed by atoms with E-state index >= 15 is 0 Å². The molecule has 0 amide bonds. The summed E-state index contributed by atoms with van der Waals surface area (Å²) in [5.41, 5.74) is 9.66. The molecule has 1 aliphatic heterocycles. The zero-order chi connectivity index (χ0) is 20.0. The second-order valence-corrected chi connectivity index (χ2v) is 8.04. The first-order valence-corrected chi connectivity index (χ1v) is 10.2. The Hall–Kier alpha value is -3.32. The van der Waals surface area contributed by atoms with E-state index in [2.05, 4.69) is 11.4 Å². The number of fused-ring (bicyclic) bond motifs is 3. The van der Waals surface area contributed by atoms with E-state index in [0.717, 1.165) is 48.9 Å². The summed E-state index contributed by atoms with van der Waals surface area (Å²) in [6.07, 6.45) is 0. The van der Waals surface area contributed by atoms with Crippen molar-refractivity contribution in [1.29, 1.82) is 0 Å². The lowest BCUT2D eigenvalue weighted by atomic mass is 10.1. The number of nitrogens with two attached hydrogens (primary N) is 1. The van der Waals surface area contributed by atoms with Crippen molar-refractivity contribution in [3.63, 3.8) is 0 Å². The monoisotopic (exact) mass is 405 g/mol. The van der Waals surface area contributed by atoms with Gasteiger partial charge >= 0.3 is 0 Å². The van der Waals surface area contributed by atoms with Gasteiger partial charge in [0, 0.05) is 33.0 Å². The van der Waals surface area contributed by atoms with Crippen molar-refractivity contribution < 1.29 is 14.3 Å². The number of nitrogens with one attached hydrogen (secondary N) is 1. The number of nitrogens with zero attached hydrogens (tertiary/aromatic N) is 1. The Morgan fingerprint density at radius 2 is 1.86 bits per heavy atom. The first-order valence-electron chi connectivity index (χ1n) is 9.34. The lowest BCUT2D eigenvalue weighted by molar-refractivity contribution is 0.101. The fraction of sp³-hybridized carbons (Fsp3) is 0.182. The van der Waals surface area contributed by atoms with Crippen LogP contribution in [-0.2, 0) is 6.54 Å². The van der Waals surface area contributed by atoms with Crippen LogP contribution in [0.15, 0.2) is 42.5 Å². The van der Waals surface area contributed by atoms with Crippen LogP contribution < -0.4 is 20.5 Å². The molecule has 2 aromatic heterocycles. The number of hydrogen-bond acceptors (Lipinski definition) is 7. The summed E-state index contributed by atoms with van der Waals surface area (Å²) in [5, 5.41) is 5.29. The summed E-state index contributed by atoms with van der Waals surface area (Å²) in [7, 11) is 0. The summed E-state index contributed by atoms with van der Waals surface area (Å²) in [5.74, 6) is 1.53. The Labute approximate surface area is 171 Å². The van der Waals surface area contributed by atoms with Gasteiger partial charge in [0.1, 0.15) is 18.0 Å². The van der Waals surface area contributed by atoms with Crippen molar-refractivity contribution in [3.05, 3.63) is 52.9 Å². The Bertz CT molecular complexity index is 1250. The summed E-state index contributed by atoms with van der Waals surface area (Å²) in [6, 6.07) is 13.4. The molecule has 0 aliphatic carbocycles. The topological polar surface area (TPSA) is 86.5 Å². The molecule has 2 aromatic carbocycles. The van der Waals surface area contributed by atoms with Crippen LogP contribution in [0.3, 0.4) is 0 Å². The van der Waals surface area contributed by atoms with Gasteiger partial charge in [-0.2, -0.15) is 0 Å². The van der Waals surface area contributed by atoms with Gasteiger partial charge < -0.3 is 20.5 Å². The van der Waals surface area contributed by atoms with E-state index in [4.69, 9.17) is 20.2 Å². The molecule has 7 heteroatoms. The smallest absolute Gasteiger partial charge is 0.163 e. The number of pyridine rings is 1. The number of benzene rings is 2. The summed E-state index contributed by atoms with van der Waals surface area (Å²) >= 11 is 1.58. The molecule has 4 aromatic rings. The summed E-state index contributed by atoms with van der Waals surface area (Å²) in [4.78, 5) is 18.1. The van der Waals surface area contributed by atoms with Gasteiger partial charge in [-0.15, -0.1) is 11.3 Å². The average molecular weight is 405 g/mol. The molecule has 0 radical (unpaired) electrons. The normalized spacial score (nSPS) is 13.0. The van der Waals surface area contributed by atoms with Gasteiger partial charge in [-0.1, -0.05) is 0 Å². The standard InChI is InChI=1S/C22H19N3O3S/c1-12(26)13-2-4-15(5-3-13)24-11-20-21(23)16-8-14-9-18-19(28-7-6-27-18)10-17(14)25-22(16)29-20/h2-5,8-10,24H,6-7,11,23H2,1H3. The number of Topliss-reactive ketones (excluding diaryl/α,β-unsaturated/α-hetero) is 1. The van der Waals surface area contributed by atoms with Gasteiger partial charge in [0.2, 0.25) is 0 Å². The molecule has 5 rings (SSSR count). The molecule has 0 fully saturated rings. The number of rotatable bonds is 4. The van der Waals surface area contributed by atoms with Gasteiger partial charge in [-0.25, -0.2) is 4.98 Å². The van der Waals surface area contributed by atoms with Crippen LogP contribution in [0.4, 0.5) is 11.4 Å². The lowest BCUT2D eigenvalue weighted by Gasteiger charge is -2.18. The van der Waals surface area contributed by atoms with Crippen LogP contribution in [0.2, 0.25) is 0 Å². The molecule has 0 spiro atoms. The molecule has 6 nitrogen and oxygen atoms in total. The second-order valence-electron chi connectivity index (χ2n) is 6.96. The Kier molecular flexibility index (Phi) is 4.24. The summed E-state index contributed by atoms with van der Waals surface area (Å²) < 4.78 is 11.3. The largest absolute Gasteiger partial charge is 0.486 e. The van der Waals surface area contributed by atoms with Gasteiger partial charge in [0.15, 0.2) is 17.3 Å². The maximum atomic E-state index is 11.4. The van der Waals surface area contributed by atoms with Crippen molar-refractivity contribution in [2.75, 3.05) is 24.3 Å². The third-order valence-electron chi connectivity index (χ3n) is 5.00. The highest BCUT2D eigenvalue weighted by Gasteiger charge is 2.16. The van der Waals surface area contributed by atoms with Crippen molar-refractivity contribution in [2.45, 2.75) is 13.5 Å². The molecule has 0 atom stereocenters. The van der Waals surface area contributed by atoms with Crippen LogP contribution in [0, 0.1) is 0 Å². The predicted molar refractivity (Wildman–Crippen MR) is 116 cm³/mol. The first-order chi connectivity index (χ1) is 14.1. The number of ether oxygens (including phenoxy) is 2. The van der Waals surface area contributed by atoms with Crippen LogP contribution in [0.25, 0.3) is 21.1 Å². The lowest BCUT2D eigenvalue weighted by Crippen LogP contribution is -2.15. The van der Waals surface area contributed by atoms with Gasteiger partial charge in [-0.05, 0) is 43.3 Å². The number of carbonyl (C=O) groups is 1. The minimum absolute atomic E-state index is 0.0564. The molecule has 0 saturated heterocycles. The Balaban J connectivity index is 1.45. The van der Waals surface area contributed by atoms with Crippen molar-refractivity contribution in [3.8, 4) is 11.5 Å². The van der Waals surface area contributed by atoms with E-state index in [9.17, 15) is 4.79 Å². The van der Waals surface area contributed by atoms with Crippen LogP contribution in [-0.4, -0.2) is 24.0 Å². The maximum absolute atomic E-state index is 11.4. The Morgan fingerprint density at radius 3 is 2.59 bits per heavy atom. The molecular weight excluding hydrogens is 386 g/mol. The molecule has 0 unspecified atom stereocenters. The first kappa shape index (κ1) is 17.8. The number of thiophene rings is 1. The van der Waals surface area contributed by atoms with E-state index in [-0.39, 0.29) is 5.78 Å². The number of ketones is 1. The zero-order valence-electron chi connectivity index (χ0n) is 15.8. The molecule has 1 aliphatic rings. The highest BCUT2D eigenvalue weighted by molar-refractivity contribution is 7.19. The predicted octanol–water partition coefficient (Wildman–Crippen LogP) is 4.62. The quantitative estimate of drug-likeness (QED) is 0.482. The Morgan fingerprint density at radius 1 is 1.14 bits per heavy atom. The van der Waals surface area contributed by atoms with Crippen molar-refractivity contribution in [1.82, 2.24) is 4.98 Å². The fourth-order valence-corrected chi connectivity index (χ4v) is 4.44. The fourth-order valence-electron chi connectivity index (χ4n) is 3.42. The highest BCUT2D eigenvalue weighted by Crippen LogP contribution is 2.39. The van der Waals surface area contributed by atoms with E-state index in [1.807, 2.05) is 36.4 Å². The minimum atomic E-state index is 0.0564. The van der Waals surface area contributed by atoms with Crippen LogP contribution in [0.5, 0.6) is 11.5 Å². The van der Waals surface area contributed by atoms with E-state index < -0.39 is 0 Å². The molecule has 3 N–H and O–H groups in total. The average Bonchev–Trinajstić information content (AvgIpc) is 3.04. The molecule has 0 bridgehead atoms. The number of hydrogen-bond donors (Lipinski definition) is 2. The van der Waals surface area contributed by atoms with E-state index in [1.54, 1.807) is 18.3 Å². The van der Waals surface area contributed by atoms with Crippen LogP contribution in [0.1, 0.15) is 22.2 Å². The van der Waals surface area contributed by atoms with Crippen molar-refractivity contribution >= 4 is 49.6 Å². The number of aromatic nitrogens is 1. The highest BCUT2D eigenvalue weighted by atomic mass is 32.1. The van der Waals surface area contributed by atoms with Crippen molar-refractivity contribution in [2.24, 2.45) is 0 Å².